The lowest BCUT2D eigenvalue weighted by molar-refractivity contribution is -0.385. The maximum atomic E-state index is 10.1. The summed E-state index contributed by atoms with van der Waals surface area (Å²) < 4.78 is 0. The molecule has 0 unspecified atom stereocenters. The van der Waals surface area contributed by atoms with E-state index in [1.54, 1.807) is 0 Å². The average Bonchev–Trinajstić information content (AvgIpc) is 2.70. The Morgan fingerprint density at radius 1 is 0.424 bits per heavy atom. The number of nitro benzene ring substituents is 3. The number of non-ortho nitro benzene ring substituents is 3. The Balaban J connectivity index is -0.000000391. The SMILES string of the molecule is F.F.F.Nc1ccc([N+](=O)[O-])cc1.Nc1ccc([N+](=O)[O-])cc1.Nc1ccc([N+](=O)[O-])cc1. The summed E-state index contributed by atoms with van der Waals surface area (Å²) in [7, 11) is 0. The van der Waals surface area contributed by atoms with E-state index in [1.807, 2.05) is 0 Å². The van der Waals surface area contributed by atoms with E-state index in [2.05, 4.69) is 0 Å². The molecule has 0 bridgehead atoms. The molecule has 12 nitrogen and oxygen atoms in total. The number of rotatable bonds is 3. The van der Waals surface area contributed by atoms with Crippen LogP contribution in [0.15, 0.2) is 72.8 Å². The lowest BCUT2D eigenvalue weighted by Crippen LogP contribution is -1.88. The predicted octanol–water partition coefficient (Wildman–Crippen LogP) is 3.99. The molecule has 0 atom stereocenters. The van der Waals surface area contributed by atoms with Gasteiger partial charge in [0.2, 0.25) is 0 Å². The van der Waals surface area contributed by atoms with Crippen molar-refractivity contribution in [2.24, 2.45) is 0 Å². The number of nitrogens with two attached hydrogens (primary N) is 3. The normalized spacial score (nSPS) is 8.36. The van der Waals surface area contributed by atoms with Crippen molar-refractivity contribution in [1.82, 2.24) is 0 Å². The number of benzene rings is 3. The second-order valence-corrected chi connectivity index (χ2v) is 5.55. The molecule has 0 saturated heterocycles. The zero-order valence-corrected chi connectivity index (χ0v) is 16.7. The van der Waals surface area contributed by atoms with E-state index in [0.29, 0.717) is 17.1 Å². The third-order valence-electron chi connectivity index (χ3n) is 3.31. The summed E-state index contributed by atoms with van der Waals surface area (Å²) in [4.78, 5) is 28.9. The molecule has 15 heteroatoms. The minimum atomic E-state index is -0.459. The van der Waals surface area contributed by atoms with Crippen LogP contribution in [0, 0.1) is 30.3 Å². The highest BCUT2D eigenvalue weighted by Crippen LogP contribution is 2.13. The number of nitrogens with zero attached hydrogens (tertiary/aromatic N) is 3. The fourth-order valence-corrected chi connectivity index (χ4v) is 1.79. The Bertz CT molecular complexity index is 874. The van der Waals surface area contributed by atoms with Gasteiger partial charge in [-0.2, -0.15) is 0 Å². The van der Waals surface area contributed by atoms with Crippen LogP contribution in [-0.2, 0) is 0 Å². The molecule has 0 amide bonds. The lowest BCUT2D eigenvalue weighted by atomic mass is 10.3. The van der Waals surface area contributed by atoms with Gasteiger partial charge < -0.3 is 17.2 Å². The van der Waals surface area contributed by atoms with Gasteiger partial charge in [-0.1, -0.05) is 0 Å². The summed E-state index contributed by atoms with van der Waals surface area (Å²) in [5, 5.41) is 30.2. The van der Waals surface area contributed by atoms with Crippen molar-refractivity contribution in [2.45, 2.75) is 0 Å². The van der Waals surface area contributed by atoms with Gasteiger partial charge in [0.05, 0.1) is 14.8 Å². The van der Waals surface area contributed by atoms with Gasteiger partial charge in [0, 0.05) is 53.5 Å². The smallest absolute Gasteiger partial charge is 0.269 e. The first-order valence-electron chi connectivity index (χ1n) is 8.10. The maximum absolute atomic E-state index is 10.1. The molecule has 0 saturated carbocycles. The molecule has 3 rings (SSSR count). The number of nitrogen functional groups attached to an aromatic ring is 3. The van der Waals surface area contributed by atoms with Crippen LogP contribution >= 0.6 is 0 Å². The Labute approximate surface area is 184 Å². The molecule has 0 radical (unpaired) electrons. The van der Waals surface area contributed by atoms with Gasteiger partial charge in [-0.05, 0) is 36.4 Å². The minimum Gasteiger partial charge on any atom is -0.399 e. The van der Waals surface area contributed by atoms with Crippen LogP contribution in [0.3, 0.4) is 0 Å². The van der Waals surface area contributed by atoms with Crippen molar-refractivity contribution in [3.63, 3.8) is 0 Å². The number of hydrogen-bond acceptors (Lipinski definition) is 9. The van der Waals surface area contributed by atoms with Crippen LogP contribution in [0.2, 0.25) is 0 Å². The topological polar surface area (TPSA) is 207 Å². The number of nitro groups is 3. The second-order valence-electron chi connectivity index (χ2n) is 5.55. The number of hydrogen-bond donors (Lipinski definition) is 3. The Kier molecular flexibility index (Phi) is 15.7. The summed E-state index contributed by atoms with van der Waals surface area (Å²) in [6.45, 7) is 0. The van der Waals surface area contributed by atoms with Crippen LogP contribution in [-0.4, -0.2) is 14.8 Å². The zero-order valence-electron chi connectivity index (χ0n) is 16.7. The predicted molar refractivity (Wildman–Crippen MR) is 120 cm³/mol. The molecule has 3 aromatic rings. The van der Waals surface area contributed by atoms with E-state index in [4.69, 9.17) is 17.2 Å². The highest BCUT2D eigenvalue weighted by Gasteiger charge is 2.02. The quantitative estimate of drug-likeness (QED) is 0.284. The average molecular weight is 474 g/mol. The summed E-state index contributed by atoms with van der Waals surface area (Å²) in [6.07, 6.45) is 0. The minimum absolute atomic E-state index is 0. The van der Waals surface area contributed by atoms with Gasteiger partial charge in [-0.25, -0.2) is 0 Å². The largest absolute Gasteiger partial charge is 0.399 e. The van der Waals surface area contributed by atoms with Crippen LogP contribution in [0.5, 0.6) is 0 Å². The summed E-state index contributed by atoms with van der Waals surface area (Å²) in [5.74, 6) is 0. The van der Waals surface area contributed by atoms with E-state index in [0.717, 1.165) is 0 Å². The molecule has 0 aromatic heterocycles. The van der Waals surface area contributed by atoms with Gasteiger partial charge in [0.25, 0.3) is 17.1 Å². The first-order chi connectivity index (χ1) is 14.1. The molecule has 180 valence electrons. The van der Waals surface area contributed by atoms with E-state index >= 15 is 0 Å². The first-order valence-corrected chi connectivity index (χ1v) is 8.10. The molecule has 6 N–H and O–H groups in total. The van der Waals surface area contributed by atoms with Crippen molar-refractivity contribution in [1.29, 1.82) is 0 Å². The Hall–Kier alpha value is -4.95. The van der Waals surface area contributed by atoms with Crippen LogP contribution in [0.25, 0.3) is 0 Å². The first kappa shape index (κ1) is 32.7. The van der Waals surface area contributed by atoms with Crippen molar-refractivity contribution < 1.29 is 28.9 Å². The summed E-state index contributed by atoms with van der Waals surface area (Å²) >= 11 is 0. The summed E-state index contributed by atoms with van der Waals surface area (Å²) in [6, 6.07) is 17.2. The van der Waals surface area contributed by atoms with E-state index in [1.165, 1.54) is 72.8 Å². The second kappa shape index (κ2) is 15.8. The molecule has 0 aliphatic carbocycles. The van der Waals surface area contributed by atoms with Crippen molar-refractivity contribution in [2.75, 3.05) is 17.2 Å². The van der Waals surface area contributed by atoms with E-state index in [9.17, 15) is 30.3 Å². The van der Waals surface area contributed by atoms with Gasteiger partial charge in [0.1, 0.15) is 0 Å². The van der Waals surface area contributed by atoms with Crippen molar-refractivity contribution >= 4 is 34.1 Å². The highest BCUT2D eigenvalue weighted by atomic mass is 19.0. The molecule has 0 heterocycles. The van der Waals surface area contributed by atoms with Crippen LogP contribution in [0.4, 0.5) is 48.2 Å². The van der Waals surface area contributed by atoms with E-state index in [-0.39, 0.29) is 31.2 Å². The summed E-state index contributed by atoms with van der Waals surface area (Å²) in [5.41, 5.74) is 17.7. The molecule has 0 fully saturated rings. The highest BCUT2D eigenvalue weighted by molar-refractivity contribution is 5.45. The van der Waals surface area contributed by atoms with Gasteiger partial charge in [-0.15, -0.1) is 0 Å². The third-order valence-corrected chi connectivity index (χ3v) is 3.31. The lowest BCUT2D eigenvalue weighted by Gasteiger charge is -1.90. The van der Waals surface area contributed by atoms with Gasteiger partial charge in [0.15, 0.2) is 0 Å². The van der Waals surface area contributed by atoms with Crippen molar-refractivity contribution in [3.05, 3.63) is 103 Å². The van der Waals surface area contributed by atoms with Gasteiger partial charge >= 0.3 is 0 Å². The maximum Gasteiger partial charge on any atom is 0.269 e. The molecule has 0 spiro atoms. The van der Waals surface area contributed by atoms with Crippen LogP contribution in [0.1, 0.15) is 0 Å². The van der Waals surface area contributed by atoms with Crippen LogP contribution < -0.4 is 17.2 Å². The fraction of sp³-hybridized carbons (Fsp3) is 0. The standard InChI is InChI=1S/3C6H6N2O2.3FH/c3*7-5-1-3-6(4-2-5)8(9)10;;;/h3*1-4H,7H2;3*1H. The molecule has 0 aliphatic heterocycles. The molecule has 33 heavy (non-hydrogen) atoms. The number of halogens is 3. The van der Waals surface area contributed by atoms with Gasteiger partial charge in [-0.3, -0.25) is 44.5 Å². The van der Waals surface area contributed by atoms with Crippen molar-refractivity contribution in [3.8, 4) is 0 Å². The van der Waals surface area contributed by atoms with E-state index < -0.39 is 14.8 Å². The molecular formula is C18H21F3N6O6. The third kappa shape index (κ3) is 12.4. The monoisotopic (exact) mass is 474 g/mol. The molecular weight excluding hydrogens is 453 g/mol. The fourth-order valence-electron chi connectivity index (χ4n) is 1.79. The molecule has 0 aliphatic rings. The molecule has 3 aromatic carbocycles. The number of anilines is 3. The Morgan fingerprint density at radius 2 is 0.576 bits per heavy atom. The zero-order chi connectivity index (χ0) is 22.7. The Morgan fingerprint density at radius 3 is 0.697 bits per heavy atom.